The fourth-order valence-electron chi connectivity index (χ4n) is 3.16. The van der Waals surface area contributed by atoms with Crippen LogP contribution in [0.3, 0.4) is 0 Å². The van der Waals surface area contributed by atoms with E-state index >= 15 is 0 Å². The normalized spacial score (nSPS) is 11.5. The Morgan fingerprint density at radius 2 is 1.48 bits per heavy atom. The molecule has 0 saturated heterocycles. The number of anilines is 1. The van der Waals surface area contributed by atoms with Crippen LogP contribution in [-0.4, -0.2) is 24.5 Å². The van der Waals surface area contributed by atoms with Crippen LogP contribution >= 0.6 is 0 Å². The number of rotatable bonds is 6. The fraction of sp³-hybridized carbons (Fsp3) is 0.125. The number of hydrogen-bond donors (Lipinski definition) is 3. The molecule has 3 aromatic carbocycles. The summed E-state index contributed by atoms with van der Waals surface area (Å²) in [6.45, 7) is 0.454. The maximum Gasteiger partial charge on any atom is 0.313 e. The number of fused-ring (bicyclic) bond motifs is 1. The third kappa shape index (κ3) is 5.45. The summed E-state index contributed by atoms with van der Waals surface area (Å²) in [7, 11) is 0. The summed E-state index contributed by atoms with van der Waals surface area (Å²) in [6.07, 6.45) is 0. The predicted molar refractivity (Wildman–Crippen MR) is 117 cm³/mol. The van der Waals surface area contributed by atoms with E-state index in [-0.39, 0.29) is 31.1 Å². The standard InChI is InChI=1S/C24H20FN3O5/c25-17-8-5-15(6-9-17)12-27-23(30)24(31)28-19-4-2-1-3-18(19)22(29)26-13-16-7-10-20-21(11-16)33-14-32-20/h1-11H,12-14H2,(H,26,29)(H,27,30)(H,28,31). The lowest BCUT2D eigenvalue weighted by Crippen LogP contribution is -2.35. The minimum atomic E-state index is -0.923. The van der Waals surface area contributed by atoms with Crippen molar-refractivity contribution in [1.29, 1.82) is 0 Å². The van der Waals surface area contributed by atoms with Gasteiger partial charge < -0.3 is 25.4 Å². The smallest absolute Gasteiger partial charge is 0.313 e. The first-order valence-corrected chi connectivity index (χ1v) is 10.1. The van der Waals surface area contributed by atoms with E-state index in [4.69, 9.17) is 9.47 Å². The van der Waals surface area contributed by atoms with Gasteiger partial charge >= 0.3 is 11.8 Å². The van der Waals surface area contributed by atoms with Crippen LogP contribution in [0.1, 0.15) is 21.5 Å². The number of benzene rings is 3. The van der Waals surface area contributed by atoms with Gasteiger partial charge in [0.2, 0.25) is 6.79 Å². The number of hydrogen-bond acceptors (Lipinski definition) is 5. The van der Waals surface area contributed by atoms with Crippen LogP contribution in [0.5, 0.6) is 11.5 Å². The first-order valence-electron chi connectivity index (χ1n) is 10.1. The molecule has 0 aliphatic carbocycles. The third-order valence-electron chi connectivity index (χ3n) is 4.88. The van der Waals surface area contributed by atoms with E-state index in [2.05, 4.69) is 16.0 Å². The minimum Gasteiger partial charge on any atom is -0.454 e. The van der Waals surface area contributed by atoms with Gasteiger partial charge in [0, 0.05) is 13.1 Å². The van der Waals surface area contributed by atoms with Crippen molar-refractivity contribution in [3.05, 3.63) is 89.2 Å². The summed E-state index contributed by atoms with van der Waals surface area (Å²) < 4.78 is 23.6. The van der Waals surface area contributed by atoms with Gasteiger partial charge in [-0.1, -0.05) is 30.3 Å². The highest BCUT2D eigenvalue weighted by Gasteiger charge is 2.18. The summed E-state index contributed by atoms with van der Waals surface area (Å²) in [5.41, 5.74) is 1.86. The minimum absolute atomic E-state index is 0.0597. The Morgan fingerprint density at radius 1 is 0.788 bits per heavy atom. The zero-order chi connectivity index (χ0) is 23.2. The lowest BCUT2D eigenvalue weighted by Gasteiger charge is -2.12. The van der Waals surface area contributed by atoms with Crippen LogP contribution < -0.4 is 25.4 Å². The van der Waals surface area contributed by atoms with Gasteiger partial charge in [-0.25, -0.2) is 4.39 Å². The lowest BCUT2D eigenvalue weighted by molar-refractivity contribution is -0.136. The molecule has 8 nitrogen and oxygen atoms in total. The van der Waals surface area contributed by atoms with Gasteiger partial charge in [0.15, 0.2) is 11.5 Å². The molecule has 3 amide bonds. The van der Waals surface area contributed by atoms with Crippen molar-refractivity contribution < 1.29 is 28.2 Å². The Morgan fingerprint density at radius 3 is 2.30 bits per heavy atom. The number of carbonyl (C=O) groups is 3. The fourth-order valence-corrected chi connectivity index (χ4v) is 3.16. The second kappa shape index (κ2) is 9.82. The van der Waals surface area contributed by atoms with Crippen LogP contribution in [-0.2, 0) is 22.7 Å². The largest absolute Gasteiger partial charge is 0.454 e. The van der Waals surface area contributed by atoms with Gasteiger partial charge in [-0.05, 0) is 47.5 Å². The highest BCUT2D eigenvalue weighted by atomic mass is 19.1. The zero-order valence-corrected chi connectivity index (χ0v) is 17.4. The van der Waals surface area contributed by atoms with Crippen molar-refractivity contribution in [2.24, 2.45) is 0 Å². The lowest BCUT2D eigenvalue weighted by atomic mass is 10.1. The molecule has 0 saturated carbocycles. The molecule has 3 N–H and O–H groups in total. The summed E-state index contributed by atoms with van der Waals surface area (Å²) >= 11 is 0. The maximum atomic E-state index is 13.0. The van der Waals surface area contributed by atoms with Crippen LogP contribution in [0.4, 0.5) is 10.1 Å². The molecule has 4 rings (SSSR count). The summed E-state index contributed by atoms with van der Waals surface area (Å²) in [5.74, 6) is -1.36. The highest BCUT2D eigenvalue weighted by Crippen LogP contribution is 2.32. The highest BCUT2D eigenvalue weighted by molar-refractivity contribution is 6.40. The van der Waals surface area contributed by atoms with Crippen LogP contribution in [0.15, 0.2) is 66.7 Å². The van der Waals surface area contributed by atoms with Crippen molar-refractivity contribution in [2.75, 3.05) is 12.1 Å². The van der Waals surface area contributed by atoms with Crippen LogP contribution in [0, 0.1) is 5.82 Å². The molecule has 0 bridgehead atoms. The number of ether oxygens (including phenoxy) is 2. The molecule has 0 radical (unpaired) electrons. The number of amides is 3. The first kappa shape index (κ1) is 21.8. The summed E-state index contributed by atoms with van der Waals surface area (Å²) in [4.78, 5) is 37.2. The molecule has 0 unspecified atom stereocenters. The monoisotopic (exact) mass is 449 g/mol. The second-order valence-corrected chi connectivity index (χ2v) is 7.18. The Balaban J connectivity index is 1.35. The molecule has 0 spiro atoms. The van der Waals surface area contributed by atoms with Crippen molar-refractivity contribution >= 4 is 23.4 Å². The molecule has 0 atom stereocenters. The van der Waals surface area contributed by atoms with E-state index in [9.17, 15) is 18.8 Å². The molecule has 9 heteroatoms. The predicted octanol–water partition coefficient (Wildman–Crippen LogP) is 2.74. The molecule has 33 heavy (non-hydrogen) atoms. The quantitative estimate of drug-likeness (QED) is 0.502. The number of nitrogens with one attached hydrogen (secondary N) is 3. The number of para-hydroxylation sites is 1. The number of halogens is 1. The van der Waals surface area contributed by atoms with Gasteiger partial charge in [0.25, 0.3) is 5.91 Å². The van der Waals surface area contributed by atoms with E-state index in [0.29, 0.717) is 17.1 Å². The van der Waals surface area contributed by atoms with Gasteiger partial charge in [0.1, 0.15) is 5.82 Å². The molecule has 0 fully saturated rings. The summed E-state index contributed by atoms with van der Waals surface area (Å²) in [5, 5.41) is 7.70. The molecule has 0 aromatic heterocycles. The topological polar surface area (TPSA) is 106 Å². The number of carbonyl (C=O) groups excluding carboxylic acids is 3. The Hall–Kier alpha value is -4.40. The molecular formula is C24H20FN3O5. The van der Waals surface area contributed by atoms with E-state index in [0.717, 1.165) is 5.56 Å². The molecule has 1 aliphatic rings. The van der Waals surface area contributed by atoms with Crippen molar-refractivity contribution in [1.82, 2.24) is 10.6 Å². The van der Waals surface area contributed by atoms with E-state index in [1.165, 1.54) is 30.3 Å². The Bertz CT molecular complexity index is 1200. The Kier molecular flexibility index (Phi) is 6.49. The van der Waals surface area contributed by atoms with Gasteiger partial charge in [-0.15, -0.1) is 0 Å². The first-order chi connectivity index (χ1) is 16.0. The van der Waals surface area contributed by atoms with Crippen molar-refractivity contribution in [3.63, 3.8) is 0 Å². The molecule has 3 aromatic rings. The molecule has 1 heterocycles. The maximum absolute atomic E-state index is 13.0. The average molecular weight is 449 g/mol. The van der Waals surface area contributed by atoms with Gasteiger partial charge in [0.05, 0.1) is 11.3 Å². The zero-order valence-electron chi connectivity index (χ0n) is 17.4. The SMILES string of the molecule is O=C(NCc1ccc(F)cc1)C(=O)Nc1ccccc1C(=O)NCc1ccc2c(c1)OCO2. The summed E-state index contributed by atoms with van der Waals surface area (Å²) in [6, 6.07) is 17.3. The third-order valence-corrected chi connectivity index (χ3v) is 4.88. The van der Waals surface area contributed by atoms with E-state index < -0.39 is 23.5 Å². The second-order valence-electron chi connectivity index (χ2n) is 7.18. The molecule has 1 aliphatic heterocycles. The van der Waals surface area contributed by atoms with E-state index in [1.807, 2.05) is 6.07 Å². The molecular weight excluding hydrogens is 429 g/mol. The van der Waals surface area contributed by atoms with Crippen LogP contribution in [0.2, 0.25) is 0 Å². The Labute approximate surface area is 188 Å². The van der Waals surface area contributed by atoms with Crippen molar-refractivity contribution in [3.8, 4) is 11.5 Å². The van der Waals surface area contributed by atoms with Crippen LogP contribution in [0.25, 0.3) is 0 Å². The van der Waals surface area contributed by atoms with Gasteiger partial charge in [-0.2, -0.15) is 0 Å². The molecule has 168 valence electrons. The van der Waals surface area contributed by atoms with Crippen molar-refractivity contribution in [2.45, 2.75) is 13.1 Å². The van der Waals surface area contributed by atoms with E-state index in [1.54, 1.807) is 30.3 Å². The van der Waals surface area contributed by atoms with Gasteiger partial charge in [-0.3, -0.25) is 14.4 Å². The average Bonchev–Trinajstić information content (AvgIpc) is 3.30.